The molecule has 0 heterocycles. The highest BCUT2D eigenvalue weighted by molar-refractivity contribution is 7.89. The van der Waals surface area contributed by atoms with Crippen LogP contribution in [0.1, 0.15) is 16.7 Å². The van der Waals surface area contributed by atoms with Crippen LogP contribution in [0, 0.1) is 6.92 Å². The smallest absolute Gasteiger partial charge is 0.240 e. The zero-order valence-electron chi connectivity index (χ0n) is 16.6. The van der Waals surface area contributed by atoms with Crippen LogP contribution in [0.2, 0.25) is 0 Å². The maximum atomic E-state index is 12.4. The van der Waals surface area contributed by atoms with Gasteiger partial charge in [0.05, 0.1) is 12.0 Å². The van der Waals surface area contributed by atoms with Gasteiger partial charge in [0.1, 0.15) is 6.61 Å². The van der Waals surface area contributed by atoms with E-state index >= 15 is 0 Å². The lowest BCUT2D eigenvalue weighted by atomic mass is 10.1. The van der Waals surface area contributed by atoms with E-state index in [0.717, 1.165) is 16.7 Å². The number of ether oxygens (including phenoxy) is 2. The lowest BCUT2D eigenvalue weighted by molar-refractivity contribution is 0.284. The predicted molar refractivity (Wildman–Crippen MR) is 114 cm³/mol. The lowest BCUT2D eigenvalue weighted by Crippen LogP contribution is -2.26. The van der Waals surface area contributed by atoms with Gasteiger partial charge in [-0.05, 0) is 48.7 Å². The van der Waals surface area contributed by atoms with Gasteiger partial charge in [0.15, 0.2) is 11.5 Å². The highest BCUT2D eigenvalue weighted by atomic mass is 32.2. The number of benzene rings is 3. The normalized spacial score (nSPS) is 11.2. The Kier molecular flexibility index (Phi) is 6.90. The second-order valence-corrected chi connectivity index (χ2v) is 8.49. The minimum atomic E-state index is -3.52. The number of hydrogen-bond acceptors (Lipinski definition) is 4. The van der Waals surface area contributed by atoms with Crippen LogP contribution in [-0.2, 0) is 23.1 Å². The molecule has 0 atom stereocenters. The first-order valence-corrected chi connectivity index (χ1v) is 10.9. The van der Waals surface area contributed by atoms with Crippen molar-refractivity contribution >= 4 is 10.0 Å². The van der Waals surface area contributed by atoms with E-state index in [4.69, 9.17) is 9.47 Å². The van der Waals surface area contributed by atoms with E-state index < -0.39 is 10.0 Å². The Balaban J connectivity index is 1.59. The molecule has 0 saturated carbocycles. The SMILES string of the molecule is COc1cc(CCNS(=O)(=O)c2ccc(C)cc2)ccc1OCc1ccccc1. The molecule has 0 aliphatic rings. The minimum Gasteiger partial charge on any atom is -0.493 e. The number of hydrogen-bond donors (Lipinski definition) is 1. The van der Waals surface area contributed by atoms with Crippen LogP contribution in [0.5, 0.6) is 11.5 Å². The summed E-state index contributed by atoms with van der Waals surface area (Å²) in [5.74, 6) is 1.28. The van der Waals surface area contributed by atoms with Crippen LogP contribution in [0.25, 0.3) is 0 Å². The second-order valence-electron chi connectivity index (χ2n) is 6.72. The van der Waals surface area contributed by atoms with Crippen LogP contribution in [0.15, 0.2) is 77.7 Å². The summed E-state index contributed by atoms with van der Waals surface area (Å²) in [6.07, 6.45) is 0.542. The van der Waals surface area contributed by atoms with Crippen molar-refractivity contribution in [1.82, 2.24) is 4.72 Å². The molecule has 3 aromatic rings. The Morgan fingerprint density at radius 1 is 0.862 bits per heavy atom. The molecule has 0 aliphatic heterocycles. The van der Waals surface area contributed by atoms with Crippen molar-refractivity contribution in [2.45, 2.75) is 24.8 Å². The van der Waals surface area contributed by atoms with E-state index in [2.05, 4.69) is 4.72 Å². The van der Waals surface area contributed by atoms with Crippen molar-refractivity contribution in [3.8, 4) is 11.5 Å². The van der Waals surface area contributed by atoms with Gasteiger partial charge in [0.2, 0.25) is 10.0 Å². The van der Waals surface area contributed by atoms with Crippen LogP contribution in [0.4, 0.5) is 0 Å². The first-order chi connectivity index (χ1) is 14.0. The number of sulfonamides is 1. The molecule has 0 spiro atoms. The summed E-state index contributed by atoms with van der Waals surface area (Å²) in [6, 6.07) is 22.3. The lowest BCUT2D eigenvalue weighted by Gasteiger charge is -2.13. The molecule has 0 saturated heterocycles. The first kappa shape index (κ1) is 20.9. The number of methoxy groups -OCH3 is 1. The zero-order chi connectivity index (χ0) is 20.7. The Morgan fingerprint density at radius 2 is 1.59 bits per heavy atom. The standard InChI is InChI=1S/C23H25NO4S/c1-18-8-11-21(12-9-18)29(25,26)24-15-14-19-10-13-22(23(16-19)27-2)28-17-20-6-4-3-5-7-20/h3-13,16,24H,14-15,17H2,1-2H3. The molecule has 0 aliphatic carbocycles. The summed E-state index contributed by atoms with van der Waals surface area (Å²) < 4.78 is 38.7. The fourth-order valence-corrected chi connectivity index (χ4v) is 3.88. The van der Waals surface area contributed by atoms with Gasteiger partial charge in [-0.25, -0.2) is 13.1 Å². The Hall–Kier alpha value is -2.83. The Labute approximate surface area is 172 Å². The summed E-state index contributed by atoms with van der Waals surface area (Å²) in [6.45, 7) is 2.67. The van der Waals surface area contributed by atoms with E-state index in [9.17, 15) is 8.42 Å². The minimum absolute atomic E-state index is 0.269. The quantitative estimate of drug-likeness (QED) is 0.576. The molecule has 0 unspecified atom stereocenters. The molecule has 3 rings (SSSR count). The fraction of sp³-hybridized carbons (Fsp3) is 0.217. The number of aryl methyl sites for hydroxylation is 1. The van der Waals surface area contributed by atoms with Crippen molar-refractivity contribution in [3.05, 3.63) is 89.5 Å². The summed E-state index contributed by atoms with van der Waals surface area (Å²) in [7, 11) is -1.92. The molecule has 5 nitrogen and oxygen atoms in total. The third-order valence-corrected chi connectivity index (χ3v) is 5.98. The molecule has 3 aromatic carbocycles. The summed E-state index contributed by atoms with van der Waals surface area (Å²) >= 11 is 0. The van der Waals surface area contributed by atoms with E-state index in [1.807, 2.05) is 55.5 Å². The zero-order valence-corrected chi connectivity index (χ0v) is 17.4. The molecule has 6 heteroatoms. The van der Waals surface area contributed by atoms with Crippen molar-refractivity contribution < 1.29 is 17.9 Å². The molecular weight excluding hydrogens is 386 g/mol. The molecule has 29 heavy (non-hydrogen) atoms. The van der Waals surface area contributed by atoms with E-state index in [0.29, 0.717) is 31.1 Å². The monoisotopic (exact) mass is 411 g/mol. The molecule has 0 amide bonds. The van der Waals surface area contributed by atoms with Crippen molar-refractivity contribution in [1.29, 1.82) is 0 Å². The maximum Gasteiger partial charge on any atom is 0.240 e. The molecule has 1 N–H and O–H groups in total. The second kappa shape index (κ2) is 9.58. The highest BCUT2D eigenvalue weighted by Crippen LogP contribution is 2.29. The Morgan fingerprint density at radius 3 is 2.28 bits per heavy atom. The Bertz CT molecular complexity index is 1030. The number of rotatable bonds is 9. The van der Waals surface area contributed by atoms with Crippen LogP contribution < -0.4 is 14.2 Å². The van der Waals surface area contributed by atoms with Gasteiger partial charge in [0, 0.05) is 6.54 Å². The number of nitrogens with one attached hydrogen (secondary N) is 1. The molecule has 0 radical (unpaired) electrons. The van der Waals surface area contributed by atoms with Gasteiger partial charge in [-0.2, -0.15) is 0 Å². The van der Waals surface area contributed by atoms with Crippen molar-refractivity contribution in [3.63, 3.8) is 0 Å². The predicted octanol–water partition coefficient (Wildman–Crippen LogP) is 4.10. The van der Waals surface area contributed by atoms with E-state index in [-0.39, 0.29) is 4.90 Å². The van der Waals surface area contributed by atoms with Crippen LogP contribution in [-0.4, -0.2) is 22.1 Å². The van der Waals surface area contributed by atoms with Crippen LogP contribution in [0.3, 0.4) is 0 Å². The van der Waals surface area contributed by atoms with E-state index in [1.54, 1.807) is 31.4 Å². The largest absolute Gasteiger partial charge is 0.493 e. The van der Waals surface area contributed by atoms with Gasteiger partial charge in [-0.1, -0.05) is 54.1 Å². The van der Waals surface area contributed by atoms with Gasteiger partial charge in [-0.3, -0.25) is 0 Å². The molecule has 0 fully saturated rings. The summed E-state index contributed by atoms with van der Waals surface area (Å²) in [5, 5.41) is 0. The maximum absolute atomic E-state index is 12.4. The molecule has 0 aromatic heterocycles. The van der Waals surface area contributed by atoms with Crippen molar-refractivity contribution in [2.24, 2.45) is 0 Å². The highest BCUT2D eigenvalue weighted by Gasteiger charge is 2.13. The van der Waals surface area contributed by atoms with Gasteiger partial charge < -0.3 is 9.47 Å². The molecule has 152 valence electrons. The molecular formula is C23H25NO4S. The third kappa shape index (κ3) is 5.82. The van der Waals surface area contributed by atoms with Gasteiger partial charge in [-0.15, -0.1) is 0 Å². The van der Waals surface area contributed by atoms with Crippen molar-refractivity contribution in [2.75, 3.05) is 13.7 Å². The topological polar surface area (TPSA) is 64.6 Å². The summed E-state index contributed by atoms with van der Waals surface area (Å²) in [4.78, 5) is 0.269. The van der Waals surface area contributed by atoms with E-state index in [1.165, 1.54) is 0 Å². The average Bonchev–Trinajstić information content (AvgIpc) is 2.73. The summed E-state index contributed by atoms with van der Waals surface area (Å²) in [5.41, 5.74) is 3.05. The molecule has 0 bridgehead atoms. The van der Waals surface area contributed by atoms with Gasteiger partial charge >= 0.3 is 0 Å². The average molecular weight is 412 g/mol. The van der Waals surface area contributed by atoms with Gasteiger partial charge in [0.25, 0.3) is 0 Å². The first-order valence-electron chi connectivity index (χ1n) is 9.38. The van der Waals surface area contributed by atoms with Crippen LogP contribution >= 0.6 is 0 Å². The third-order valence-electron chi connectivity index (χ3n) is 4.50. The fourth-order valence-electron chi connectivity index (χ4n) is 2.85.